The Hall–Kier alpha value is -1.94. The molecule has 90 valence electrons. The molecule has 3 aromatic rings. The van der Waals surface area contributed by atoms with Crippen molar-refractivity contribution in [3.8, 4) is 0 Å². The van der Waals surface area contributed by atoms with Crippen LogP contribution in [0.3, 0.4) is 0 Å². The van der Waals surface area contributed by atoms with Gasteiger partial charge in [-0.15, -0.1) is 11.3 Å². The summed E-state index contributed by atoms with van der Waals surface area (Å²) in [5.74, 6) is 0.770. The van der Waals surface area contributed by atoms with Gasteiger partial charge in [0.1, 0.15) is 0 Å². The number of para-hydroxylation sites is 2. The minimum atomic E-state index is 0.770. The Bertz CT molecular complexity index is 680. The number of hydrogen-bond donors (Lipinski definition) is 0. The molecule has 0 aliphatic carbocycles. The van der Waals surface area contributed by atoms with Gasteiger partial charge in [0, 0.05) is 17.6 Å². The third kappa shape index (κ3) is 1.95. The smallest absolute Gasteiger partial charge is 0.230 e. The van der Waals surface area contributed by atoms with E-state index in [-0.39, 0.29) is 0 Å². The molecule has 0 fully saturated rings. The molecule has 2 heterocycles. The van der Waals surface area contributed by atoms with E-state index >= 15 is 0 Å². The van der Waals surface area contributed by atoms with Gasteiger partial charge in [0.15, 0.2) is 0 Å². The lowest BCUT2D eigenvalue weighted by Gasteiger charge is -2.00. The predicted molar refractivity (Wildman–Crippen MR) is 77.0 cm³/mol. The Balaban J connectivity index is 2.06. The molecule has 0 saturated heterocycles. The van der Waals surface area contributed by atoms with Crippen molar-refractivity contribution >= 4 is 34.5 Å². The summed E-state index contributed by atoms with van der Waals surface area (Å²) in [6.07, 6.45) is 1.87. The highest BCUT2D eigenvalue weighted by molar-refractivity contribution is 7.11. The van der Waals surface area contributed by atoms with Gasteiger partial charge in [-0.2, -0.15) is 0 Å². The summed E-state index contributed by atoms with van der Waals surface area (Å²) in [5.41, 5.74) is 2.14. The molecule has 0 N–H and O–H groups in total. The van der Waals surface area contributed by atoms with E-state index in [2.05, 4.69) is 27.5 Å². The van der Waals surface area contributed by atoms with Crippen LogP contribution in [0.4, 0.5) is 5.95 Å². The molecule has 0 unspecified atom stereocenters. The summed E-state index contributed by atoms with van der Waals surface area (Å²) in [6, 6.07) is 12.2. The number of aromatic nitrogens is 2. The molecule has 0 saturated carbocycles. The van der Waals surface area contributed by atoms with Gasteiger partial charge >= 0.3 is 0 Å². The van der Waals surface area contributed by atoms with E-state index < -0.39 is 0 Å². The molecule has 4 heteroatoms. The van der Waals surface area contributed by atoms with E-state index in [0.29, 0.717) is 0 Å². The van der Waals surface area contributed by atoms with Crippen LogP contribution in [0.5, 0.6) is 0 Å². The second-order valence-electron chi connectivity index (χ2n) is 3.92. The van der Waals surface area contributed by atoms with Crippen molar-refractivity contribution < 1.29 is 0 Å². The van der Waals surface area contributed by atoms with Gasteiger partial charge in [-0.05, 0) is 30.5 Å². The number of fused-ring (bicyclic) bond motifs is 1. The lowest BCUT2D eigenvalue weighted by atomic mass is 10.3. The normalized spacial score (nSPS) is 11.6. The molecule has 2 aromatic heterocycles. The first-order valence-corrected chi connectivity index (χ1v) is 6.79. The highest BCUT2D eigenvalue weighted by atomic mass is 32.1. The van der Waals surface area contributed by atoms with E-state index in [9.17, 15) is 0 Å². The van der Waals surface area contributed by atoms with Crippen molar-refractivity contribution in [2.75, 3.05) is 0 Å². The minimum absolute atomic E-state index is 0.770. The van der Waals surface area contributed by atoms with Gasteiger partial charge in [0.2, 0.25) is 5.95 Å². The maximum absolute atomic E-state index is 4.55. The highest BCUT2D eigenvalue weighted by Gasteiger charge is 2.06. The van der Waals surface area contributed by atoms with Crippen LogP contribution in [0.15, 0.2) is 46.8 Å². The van der Waals surface area contributed by atoms with Gasteiger partial charge in [-0.3, -0.25) is 0 Å². The van der Waals surface area contributed by atoms with Gasteiger partial charge in [-0.25, -0.2) is 9.98 Å². The van der Waals surface area contributed by atoms with Crippen LogP contribution in [-0.4, -0.2) is 15.8 Å². The summed E-state index contributed by atoms with van der Waals surface area (Å²) in [4.78, 5) is 10.2. The van der Waals surface area contributed by atoms with Crippen molar-refractivity contribution in [2.45, 2.75) is 13.5 Å². The first kappa shape index (κ1) is 11.2. The number of hydrogen-bond acceptors (Lipinski definition) is 3. The first-order chi connectivity index (χ1) is 8.88. The summed E-state index contributed by atoms with van der Waals surface area (Å²) in [6.45, 7) is 2.98. The Labute approximate surface area is 109 Å². The van der Waals surface area contributed by atoms with E-state index in [0.717, 1.165) is 28.4 Å². The Morgan fingerprint density at radius 3 is 2.94 bits per heavy atom. The second-order valence-corrected chi connectivity index (χ2v) is 4.90. The fraction of sp³-hybridized carbons (Fsp3) is 0.143. The molecule has 18 heavy (non-hydrogen) atoms. The zero-order chi connectivity index (χ0) is 12.4. The molecule has 0 radical (unpaired) electrons. The zero-order valence-corrected chi connectivity index (χ0v) is 10.9. The van der Waals surface area contributed by atoms with Crippen molar-refractivity contribution in [2.24, 2.45) is 4.99 Å². The van der Waals surface area contributed by atoms with Crippen LogP contribution in [-0.2, 0) is 6.54 Å². The van der Waals surface area contributed by atoms with Crippen LogP contribution >= 0.6 is 11.3 Å². The Morgan fingerprint density at radius 1 is 1.28 bits per heavy atom. The molecule has 0 aliphatic heterocycles. The van der Waals surface area contributed by atoms with Gasteiger partial charge in [-0.1, -0.05) is 18.2 Å². The summed E-state index contributed by atoms with van der Waals surface area (Å²) in [5, 5.41) is 2.05. The topological polar surface area (TPSA) is 30.2 Å². The number of thiophene rings is 1. The van der Waals surface area contributed by atoms with E-state index in [1.807, 2.05) is 41.9 Å². The van der Waals surface area contributed by atoms with Crippen molar-refractivity contribution in [3.63, 3.8) is 0 Å². The Morgan fingerprint density at radius 2 is 2.17 bits per heavy atom. The fourth-order valence-corrected chi connectivity index (χ4v) is 2.54. The van der Waals surface area contributed by atoms with E-state index in [4.69, 9.17) is 0 Å². The maximum atomic E-state index is 4.55. The molecule has 0 aliphatic rings. The first-order valence-electron chi connectivity index (χ1n) is 5.91. The van der Waals surface area contributed by atoms with Crippen molar-refractivity contribution in [1.82, 2.24) is 9.55 Å². The van der Waals surface area contributed by atoms with Gasteiger partial charge in [0.25, 0.3) is 0 Å². The van der Waals surface area contributed by atoms with E-state index in [1.54, 1.807) is 11.3 Å². The number of nitrogens with zero attached hydrogens (tertiary/aromatic N) is 3. The van der Waals surface area contributed by atoms with Gasteiger partial charge < -0.3 is 4.57 Å². The Kier molecular flexibility index (Phi) is 2.94. The third-order valence-electron chi connectivity index (χ3n) is 2.80. The van der Waals surface area contributed by atoms with Crippen LogP contribution in [0.25, 0.3) is 11.0 Å². The molecule has 3 rings (SSSR count). The molecule has 3 nitrogen and oxygen atoms in total. The molecular formula is C14H13N3S. The van der Waals surface area contributed by atoms with Crippen LogP contribution < -0.4 is 0 Å². The number of rotatable bonds is 3. The van der Waals surface area contributed by atoms with Crippen molar-refractivity contribution in [3.05, 3.63) is 46.7 Å². The zero-order valence-electron chi connectivity index (χ0n) is 10.1. The van der Waals surface area contributed by atoms with Crippen molar-refractivity contribution in [1.29, 1.82) is 0 Å². The minimum Gasteiger partial charge on any atom is -0.309 e. The molecule has 0 spiro atoms. The van der Waals surface area contributed by atoms with Crippen LogP contribution in [0.2, 0.25) is 0 Å². The standard InChI is InChI=1S/C14H13N3S/c1-2-17-13-8-4-3-7-12(13)16-14(17)15-10-11-6-5-9-18-11/h3-10H,2H2,1H3. The fourth-order valence-electron chi connectivity index (χ4n) is 1.96. The molecule has 0 bridgehead atoms. The predicted octanol–water partition coefficient (Wildman–Crippen LogP) is 3.87. The monoisotopic (exact) mass is 255 g/mol. The summed E-state index contributed by atoms with van der Waals surface area (Å²) >= 11 is 1.68. The number of benzene rings is 1. The lowest BCUT2D eigenvalue weighted by molar-refractivity contribution is 0.790. The van der Waals surface area contributed by atoms with E-state index in [1.165, 1.54) is 0 Å². The largest absolute Gasteiger partial charge is 0.309 e. The molecule has 0 amide bonds. The number of aryl methyl sites for hydroxylation is 1. The summed E-state index contributed by atoms with van der Waals surface area (Å²) < 4.78 is 2.12. The van der Waals surface area contributed by atoms with Crippen LogP contribution in [0, 0.1) is 0 Å². The molecular weight excluding hydrogens is 242 g/mol. The quantitative estimate of drug-likeness (QED) is 0.653. The lowest BCUT2D eigenvalue weighted by Crippen LogP contribution is -1.92. The van der Waals surface area contributed by atoms with Gasteiger partial charge in [0.05, 0.1) is 11.0 Å². The third-order valence-corrected chi connectivity index (χ3v) is 3.61. The number of imidazole rings is 1. The van der Waals surface area contributed by atoms with Crippen LogP contribution in [0.1, 0.15) is 11.8 Å². The molecule has 0 atom stereocenters. The maximum Gasteiger partial charge on any atom is 0.230 e. The average Bonchev–Trinajstić information content (AvgIpc) is 3.03. The molecule has 1 aromatic carbocycles. The second kappa shape index (κ2) is 4.74. The summed E-state index contributed by atoms with van der Waals surface area (Å²) in [7, 11) is 0. The SMILES string of the molecule is CCn1c(N=Cc2cccs2)nc2ccccc21. The average molecular weight is 255 g/mol. The number of aliphatic imine (C=N–C) groups is 1. The highest BCUT2D eigenvalue weighted by Crippen LogP contribution is 2.21.